The molecule has 1 aromatic rings. The summed E-state index contributed by atoms with van der Waals surface area (Å²) in [5.74, 6) is 0.829. The number of amides is 1. The van der Waals surface area contributed by atoms with Crippen molar-refractivity contribution >= 4 is 5.91 Å². The van der Waals surface area contributed by atoms with Gasteiger partial charge in [-0.3, -0.25) is 4.79 Å². The fourth-order valence-corrected chi connectivity index (χ4v) is 1.70. The summed E-state index contributed by atoms with van der Waals surface area (Å²) in [4.78, 5) is 11.4. The zero-order valence-electron chi connectivity index (χ0n) is 11.2. The smallest absolute Gasteiger partial charge is 0.223 e. The number of ether oxygens (including phenoxy) is 1. The van der Waals surface area contributed by atoms with Crippen LogP contribution in [0.1, 0.15) is 24.0 Å². The van der Waals surface area contributed by atoms with Crippen molar-refractivity contribution in [1.82, 2.24) is 5.32 Å². The summed E-state index contributed by atoms with van der Waals surface area (Å²) in [5, 5.41) is 2.79. The Morgan fingerprint density at radius 2 is 1.94 bits per heavy atom. The molecule has 0 aromatic heterocycles. The number of rotatable bonds is 7. The standard InChI is InChI=1S/C14H22N2O2/c1-11-8-12(2)10-13(9-11)18-7-4-14(17)16-6-3-5-15/h8-10H,3-7,15H2,1-2H3,(H,16,17). The van der Waals surface area contributed by atoms with Crippen molar-refractivity contribution < 1.29 is 9.53 Å². The maximum atomic E-state index is 11.4. The Morgan fingerprint density at radius 1 is 1.28 bits per heavy atom. The lowest BCUT2D eigenvalue weighted by molar-refractivity contribution is -0.121. The van der Waals surface area contributed by atoms with Gasteiger partial charge < -0.3 is 15.8 Å². The highest BCUT2D eigenvalue weighted by Gasteiger charge is 2.02. The fraction of sp³-hybridized carbons (Fsp3) is 0.500. The summed E-state index contributed by atoms with van der Waals surface area (Å²) >= 11 is 0. The lowest BCUT2D eigenvalue weighted by Crippen LogP contribution is -2.27. The van der Waals surface area contributed by atoms with Gasteiger partial charge in [0.05, 0.1) is 13.0 Å². The van der Waals surface area contributed by atoms with Crippen molar-refractivity contribution in [3.63, 3.8) is 0 Å². The molecule has 3 N–H and O–H groups in total. The number of benzene rings is 1. The van der Waals surface area contributed by atoms with E-state index in [-0.39, 0.29) is 5.91 Å². The molecule has 0 aliphatic heterocycles. The van der Waals surface area contributed by atoms with Gasteiger partial charge in [0.1, 0.15) is 5.75 Å². The van der Waals surface area contributed by atoms with E-state index in [0.717, 1.165) is 23.3 Å². The van der Waals surface area contributed by atoms with Crippen LogP contribution < -0.4 is 15.8 Å². The molecule has 0 atom stereocenters. The molecule has 1 aromatic carbocycles. The highest BCUT2D eigenvalue weighted by atomic mass is 16.5. The number of aryl methyl sites for hydroxylation is 2. The van der Waals surface area contributed by atoms with E-state index in [1.807, 2.05) is 26.0 Å². The van der Waals surface area contributed by atoms with Crippen molar-refractivity contribution in [1.29, 1.82) is 0 Å². The largest absolute Gasteiger partial charge is 0.493 e. The number of hydrogen-bond acceptors (Lipinski definition) is 3. The van der Waals surface area contributed by atoms with Gasteiger partial charge in [0.2, 0.25) is 5.91 Å². The maximum Gasteiger partial charge on any atom is 0.223 e. The summed E-state index contributed by atoms with van der Waals surface area (Å²) in [5.41, 5.74) is 7.67. The quantitative estimate of drug-likeness (QED) is 0.721. The van der Waals surface area contributed by atoms with Crippen LogP contribution in [0, 0.1) is 13.8 Å². The van der Waals surface area contributed by atoms with Crippen LogP contribution in [0.15, 0.2) is 18.2 Å². The average Bonchev–Trinajstić information content (AvgIpc) is 2.28. The molecule has 0 spiro atoms. The van der Waals surface area contributed by atoms with Crippen molar-refractivity contribution in [3.05, 3.63) is 29.3 Å². The zero-order valence-corrected chi connectivity index (χ0v) is 11.2. The summed E-state index contributed by atoms with van der Waals surface area (Å²) in [7, 11) is 0. The third-order valence-corrected chi connectivity index (χ3v) is 2.50. The van der Waals surface area contributed by atoms with Gasteiger partial charge in [-0.05, 0) is 50.1 Å². The Labute approximate surface area is 109 Å². The summed E-state index contributed by atoms with van der Waals surface area (Å²) in [6.07, 6.45) is 1.18. The molecule has 0 unspecified atom stereocenters. The van der Waals surface area contributed by atoms with Crippen LogP contribution in [0.25, 0.3) is 0 Å². The molecule has 0 fully saturated rings. The molecule has 100 valence electrons. The lowest BCUT2D eigenvalue weighted by Gasteiger charge is -2.08. The van der Waals surface area contributed by atoms with Gasteiger partial charge in [-0.25, -0.2) is 0 Å². The van der Waals surface area contributed by atoms with E-state index in [4.69, 9.17) is 10.5 Å². The number of hydrogen-bond donors (Lipinski definition) is 2. The Morgan fingerprint density at radius 3 is 2.56 bits per heavy atom. The maximum absolute atomic E-state index is 11.4. The summed E-state index contributed by atoms with van der Waals surface area (Å²) in [6.45, 7) is 5.69. The fourth-order valence-electron chi connectivity index (χ4n) is 1.70. The molecule has 4 heteroatoms. The van der Waals surface area contributed by atoms with Crippen LogP contribution in [0.4, 0.5) is 0 Å². The van der Waals surface area contributed by atoms with Gasteiger partial charge in [-0.1, -0.05) is 6.07 Å². The van der Waals surface area contributed by atoms with E-state index in [1.54, 1.807) is 0 Å². The molecule has 0 aliphatic carbocycles. The second-order valence-corrected chi connectivity index (χ2v) is 4.41. The highest BCUT2D eigenvalue weighted by Crippen LogP contribution is 2.16. The third kappa shape index (κ3) is 5.68. The predicted molar refractivity (Wildman–Crippen MR) is 72.7 cm³/mol. The van der Waals surface area contributed by atoms with E-state index < -0.39 is 0 Å². The van der Waals surface area contributed by atoms with Crippen LogP contribution in [-0.4, -0.2) is 25.6 Å². The van der Waals surface area contributed by atoms with E-state index >= 15 is 0 Å². The Balaban J connectivity index is 2.26. The van der Waals surface area contributed by atoms with Gasteiger partial charge in [-0.2, -0.15) is 0 Å². The molecule has 18 heavy (non-hydrogen) atoms. The molecule has 0 radical (unpaired) electrons. The molecule has 0 saturated carbocycles. The van der Waals surface area contributed by atoms with Crippen molar-refractivity contribution in [2.24, 2.45) is 5.73 Å². The van der Waals surface area contributed by atoms with Gasteiger partial charge in [0, 0.05) is 6.54 Å². The molecular formula is C14H22N2O2. The Kier molecular flexibility index (Phi) is 6.22. The Bertz CT molecular complexity index is 371. The van der Waals surface area contributed by atoms with Crippen molar-refractivity contribution in [2.75, 3.05) is 19.7 Å². The van der Waals surface area contributed by atoms with Crippen LogP contribution in [0.5, 0.6) is 5.75 Å². The van der Waals surface area contributed by atoms with E-state index in [0.29, 0.717) is 26.1 Å². The minimum atomic E-state index is 0.00725. The van der Waals surface area contributed by atoms with Crippen LogP contribution in [0.2, 0.25) is 0 Å². The van der Waals surface area contributed by atoms with E-state index in [1.165, 1.54) is 0 Å². The highest BCUT2D eigenvalue weighted by molar-refractivity contribution is 5.75. The first kappa shape index (κ1) is 14.5. The van der Waals surface area contributed by atoms with Crippen LogP contribution in [-0.2, 0) is 4.79 Å². The van der Waals surface area contributed by atoms with Crippen molar-refractivity contribution in [2.45, 2.75) is 26.7 Å². The van der Waals surface area contributed by atoms with Gasteiger partial charge in [0.15, 0.2) is 0 Å². The molecular weight excluding hydrogens is 228 g/mol. The van der Waals surface area contributed by atoms with E-state index in [2.05, 4.69) is 11.4 Å². The van der Waals surface area contributed by atoms with Crippen molar-refractivity contribution in [3.8, 4) is 5.75 Å². The predicted octanol–water partition coefficient (Wildman–Crippen LogP) is 1.54. The summed E-state index contributed by atoms with van der Waals surface area (Å²) in [6, 6.07) is 6.03. The molecule has 1 amide bonds. The average molecular weight is 250 g/mol. The third-order valence-electron chi connectivity index (χ3n) is 2.50. The Hall–Kier alpha value is -1.55. The van der Waals surface area contributed by atoms with E-state index in [9.17, 15) is 4.79 Å². The molecule has 0 aliphatic rings. The van der Waals surface area contributed by atoms with Gasteiger partial charge in [0.25, 0.3) is 0 Å². The normalized spacial score (nSPS) is 10.2. The molecule has 4 nitrogen and oxygen atoms in total. The second kappa shape index (κ2) is 7.71. The monoisotopic (exact) mass is 250 g/mol. The zero-order chi connectivity index (χ0) is 13.4. The molecule has 0 saturated heterocycles. The number of nitrogens with one attached hydrogen (secondary N) is 1. The first-order valence-electron chi connectivity index (χ1n) is 6.29. The second-order valence-electron chi connectivity index (χ2n) is 4.41. The minimum Gasteiger partial charge on any atom is -0.493 e. The SMILES string of the molecule is Cc1cc(C)cc(OCCC(=O)NCCCN)c1. The molecule has 0 heterocycles. The van der Waals surface area contributed by atoms with Crippen LogP contribution >= 0.6 is 0 Å². The topological polar surface area (TPSA) is 64.3 Å². The number of nitrogens with two attached hydrogens (primary N) is 1. The number of carbonyl (C=O) groups is 1. The number of carbonyl (C=O) groups excluding carboxylic acids is 1. The first-order valence-corrected chi connectivity index (χ1v) is 6.29. The van der Waals surface area contributed by atoms with Crippen LogP contribution in [0.3, 0.4) is 0 Å². The van der Waals surface area contributed by atoms with Gasteiger partial charge >= 0.3 is 0 Å². The minimum absolute atomic E-state index is 0.00725. The lowest BCUT2D eigenvalue weighted by atomic mass is 10.1. The molecule has 1 rings (SSSR count). The summed E-state index contributed by atoms with van der Waals surface area (Å²) < 4.78 is 5.56. The molecule has 0 bridgehead atoms. The van der Waals surface area contributed by atoms with Gasteiger partial charge in [-0.15, -0.1) is 0 Å². The first-order chi connectivity index (χ1) is 8.61.